The third-order valence-corrected chi connectivity index (χ3v) is 10.0. The molecule has 0 aliphatic rings. The zero-order valence-corrected chi connectivity index (χ0v) is 35.6. The van der Waals surface area contributed by atoms with Gasteiger partial charge >= 0.3 is 49.0 Å². The van der Waals surface area contributed by atoms with Crippen LogP contribution in [0.25, 0.3) is 0 Å². The van der Waals surface area contributed by atoms with Gasteiger partial charge in [0.15, 0.2) is 0 Å². The van der Waals surface area contributed by atoms with E-state index in [9.17, 15) is 9.13 Å². The van der Waals surface area contributed by atoms with E-state index in [1.807, 2.05) is 114 Å². The summed E-state index contributed by atoms with van der Waals surface area (Å²) in [7, 11) is 1.73. The van der Waals surface area contributed by atoms with Gasteiger partial charge in [-0.05, 0) is 114 Å². The van der Waals surface area contributed by atoms with Crippen molar-refractivity contribution in [1.29, 1.82) is 0 Å². The third kappa shape index (κ3) is 15.4. The summed E-state index contributed by atoms with van der Waals surface area (Å²) < 4.78 is 60.4. The van der Waals surface area contributed by atoms with Crippen LogP contribution in [-0.4, -0.2) is 0 Å². The molecule has 55 heavy (non-hydrogen) atoms. The number of aryl methyl sites for hydroxylation is 6. The fourth-order valence-electron chi connectivity index (χ4n) is 4.48. The summed E-state index contributed by atoms with van der Waals surface area (Å²) in [6.07, 6.45) is 0. The van der Waals surface area contributed by atoms with Crippen LogP contribution in [0.1, 0.15) is 33.4 Å². The summed E-state index contributed by atoms with van der Waals surface area (Å²) in [5, 5.41) is 0. The van der Waals surface area contributed by atoms with Crippen molar-refractivity contribution in [1.82, 2.24) is 0 Å². The summed E-state index contributed by atoms with van der Waals surface area (Å²) in [6.45, 7) is 11.8. The van der Waals surface area contributed by atoms with Crippen LogP contribution in [0.3, 0.4) is 0 Å². The quantitative estimate of drug-likeness (QED) is 0.0888. The molecule has 8 nitrogen and oxygen atoms in total. The molecule has 0 fully saturated rings. The van der Waals surface area contributed by atoms with Crippen LogP contribution in [0.5, 0.6) is 34.5 Å². The molecule has 289 valence electrons. The van der Waals surface area contributed by atoms with Gasteiger partial charge in [0.1, 0.15) is 34.5 Å². The first-order valence-electron chi connectivity index (χ1n) is 16.9. The van der Waals surface area contributed by atoms with Gasteiger partial charge in [-0.3, -0.25) is 0 Å². The van der Waals surface area contributed by atoms with Gasteiger partial charge in [0.25, 0.3) is 0 Å². The van der Waals surface area contributed by atoms with Crippen LogP contribution in [0, 0.1) is 41.5 Å². The Morgan fingerprint density at radius 1 is 0.309 bits per heavy atom. The second-order valence-electron chi connectivity index (χ2n) is 12.4. The maximum absolute atomic E-state index is 13.3. The first-order valence-corrected chi connectivity index (χ1v) is 23.1. The van der Waals surface area contributed by atoms with Gasteiger partial charge in [0.05, 0.1) is 0 Å². The van der Waals surface area contributed by atoms with Crippen LogP contribution in [-0.2, 0) is 22.3 Å². The van der Waals surface area contributed by atoms with E-state index in [1.54, 1.807) is 72.8 Å². The number of phosphoric acid groups is 2. The molecule has 0 aliphatic heterocycles. The van der Waals surface area contributed by atoms with E-state index in [0.29, 0.717) is 34.5 Å². The number of benzene rings is 6. The van der Waals surface area contributed by atoms with Gasteiger partial charge in [-0.15, -0.1) is 0 Å². The third-order valence-electron chi connectivity index (χ3n) is 7.43. The number of hydrogen-bond donors (Lipinski definition) is 0. The molecule has 6 aromatic carbocycles. The van der Waals surface area contributed by atoms with Crippen molar-refractivity contribution in [3.05, 3.63) is 179 Å². The van der Waals surface area contributed by atoms with Crippen molar-refractivity contribution in [2.75, 3.05) is 0 Å². The second-order valence-corrected chi connectivity index (χ2v) is 17.2. The number of hydrogen-bond acceptors (Lipinski definition) is 8. The zero-order valence-electron chi connectivity index (χ0n) is 31.2. The molecule has 0 saturated heterocycles. The summed E-state index contributed by atoms with van der Waals surface area (Å²) in [6, 6.07) is 43.3. The van der Waals surface area contributed by atoms with E-state index in [2.05, 4.69) is 0 Å². The number of phosphoric ester groups is 2. The van der Waals surface area contributed by atoms with Gasteiger partial charge in [-0.1, -0.05) is 106 Å². The van der Waals surface area contributed by atoms with Crippen molar-refractivity contribution in [3.8, 4) is 34.5 Å². The number of rotatable bonds is 12. The Hall–Kier alpha value is -4.32. The van der Waals surface area contributed by atoms with Crippen molar-refractivity contribution >= 4 is 35.8 Å². The number of halogens is 2. The molecule has 0 aromatic heterocycles. The molecule has 6 rings (SSSR count). The Balaban J connectivity index is 0.000000228. The van der Waals surface area contributed by atoms with E-state index in [1.165, 1.54) is 0 Å². The first-order chi connectivity index (χ1) is 26.2. The van der Waals surface area contributed by atoms with E-state index >= 15 is 0 Å². The molecule has 0 spiro atoms. The minimum absolute atomic E-state index is 0.00694. The predicted octanol–water partition coefficient (Wildman–Crippen LogP) is 13.9. The van der Waals surface area contributed by atoms with Gasteiger partial charge < -0.3 is 27.1 Å². The van der Waals surface area contributed by atoms with Crippen LogP contribution in [0.15, 0.2) is 146 Å². The Morgan fingerprint density at radius 2 is 0.418 bits per heavy atom. The van der Waals surface area contributed by atoms with Crippen molar-refractivity contribution in [2.24, 2.45) is 0 Å². The molecule has 0 saturated carbocycles. The van der Waals surface area contributed by atoms with Crippen molar-refractivity contribution in [3.63, 3.8) is 0 Å². The van der Waals surface area contributed by atoms with Crippen LogP contribution in [0.4, 0.5) is 0 Å². The molecule has 13 heteroatoms. The van der Waals surface area contributed by atoms with Gasteiger partial charge in [-0.25, -0.2) is 0 Å². The Labute approximate surface area is 338 Å². The molecule has 0 radical (unpaired) electrons. The topological polar surface area (TPSA) is 89.5 Å². The first kappa shape index (κ1) is 43.4. The molecule has 0 unspecified atom stereocenters. The summed E-state index contributed by atoms with van der Waals surface area (Å²) in [5.74, 6) is 2.49. The normalized spacial score (nSPS) is 10.8. The molecule has 0 N–H and O–H groups in total. The summed E-state index contributed by atoms with van der Waals surface area (Å²) in [5.41, 5.74) is 6.45. The monoisotopic (exact) mass is 861 g/mol. The van der Waals surface area contributed by atoms with Crippen LogP contribution < -0.4 is 27.1 Å². The van der Waals surface area contributed by atoms with E-state index in [-0.39, 0.29) is 13.1 Å². The summed E-state index contributed by atoms with van der Waals surface area (Å²) >= 11 is 0.00694. The SMILES string of the molecule is Cc1ccc(OP(=O)(Oc2ccc(C)cc2)Oc2ccc(C)cc2)cc1.Cc1ccc(OP(=O)(Oc2ccc(C)cc2)Oc2ccc(C)cc2)cc1.[Cl][Mn][Cl]. The molecule has 0 amide bonds. The van der Waals surface area contributed by atoms with Gasteiger partial charge in [0.2, 0.25) is 0 Å². The zero-order chi connectivity index (χ0) is 39.8. The van der Waals surface area contributed by atoms with Crippen molar-refractivity contribution in [2.45, 2.75) is 41.5 Å². The minimum atomic E-state index is -3.93. The molecule has 0 bridgehead atoms. The molecular formula is C42H42Cl2MnO8P2. The van der Waals surface area contributed by atoms with E-state index in [0.717, 1.165) is 33.4 Å². The van der Waals surface area contributed by atoms with Crippen molar-refractivity contribution < 1.29 is 49.4 Å². The van der Waals surface area contributed by atoms with Crippen LogP contribution in [0.2, 0.25) is 0 Å². The van der Waals surface area contributed by atoms with Crippen LogP contribution >= 0.6 is 35.8 Å². The molecular weight excluding hydrogens is 820 g/mol. The van der Waals surface area contributed by atoms with E-state index in [4.69, 9.17) is 47.3 Å². The predicted molar refractivity (Wildman–Crippen MR) is 218 cm³/mol. The Kier molecular flexibility index (Phi) is 16.7. The Bertz CT molecular complexity index is 1750. The molecule has 6 aromatic rings. The maximum atomic E-state index is 13.3. The Morgan fingerprint density at radius 3 is 0.527 bits per heavy atom. The fourth-order valence-corrected chi connectivity index (χ4v) is 6.98. The average Bonchev–Trinajstić information content (AvgIpc) is 3.15. The molecule has 0 heterocycles. The average molecular weight is 863 g/mol. The second kappa shape index (κ2) is 21.1. The van der Waals surface area contributed by atoms with Gasteiger partial charge in [-0.2, -0.15) is 9.13 Å². The molecule has 0 atom stereocenters. The molecule has 0 aliphatic carbocycles. The fraction of sp³-hybridized carbons (Fsp3) is 0.143. The summed E-state index contributed by atoms with van der Waals surface area (Å²) in [4.78, 5) is 0. The van der Waals surface area contributed by atoms with Gasteiger partial charge in [0, 0.05) is 0 Å². The standard InChI is InChI=1S/2C21H21O4P.2ClH.Mn/c2*1-16-4-10-19(11-5-16)23-26(22,24-20-12-6-17(2)7-13-20)25-21-14-8-18(3)9-15-21;;;/h2*4-15H,1-3H3;2*1H;/q;;;;+2/p-2. The van der Waals surface area contributed by atoms with E-state index < -0.39 is 15.6 Å².